The molecule has 1 saturated heterocycles. The van der Waals surface area contributed by atoms with Crippen molar-refractivity contribution in [1.82, 2.24) is 15.2 Å². The van der Waals surface area contributed by atoms with E-state index in [-0.39, 0.29) is 11.5 Å². The molecule has 6 nitrogen and oxygen atoms in total. The number of hydrogen-bond donors (Lipinski definition) is 2. The predicted molar refractivity (Wildman–Crippen MR) is 121 cm³/mol. The smallest absolute Gasteiger partial charge is 0.252 e. The van der Waals surface area contributed by atoms with Gasteiger partial charge in [0.1, 0.15) is 18.2 Å². The van der Waals surface area contributed by atoms with Crippen molar-refractivity contribution in [3.05, 3.63) is 75.3 Å². The van der Waals surface area contributed by atoms with Crippen LogP contribution in [0.25, 0.3) is 10.9 Å². The highest BCUT2D eigenvalue weighted by molar-refractivity contribution is 5.97. The van der Waals surface area contributed by atoms with Crippen LogP contribution >= 0.6 is 0 Å². The lowest BCUT2D eigenvalue weighted by Crippen LogP contribution is -2.48. The van der Waals surface area contributed by atoms with E-state index in [0.717, 1.165) is 42.3 Å². The fraction of sp³-hybridized carbons (Fsp3) is 0.360. The highest BCUT2D eigenvalue weighted by Gasteiger charge is 2.47. The molecule has 3 aromatic rings. The molecule has 2 heterocycles. The van der Waals surface area contributed by atoms with Crippen LogP contribution in [0.3, 0.4) is 0 Å². The van der Waals surface area contributed by atoms with Gasteiger partial charge in [-0.3, -0.25) is 14.5 Å². The van der Waals surface area contributed by atoms with Crippen LogP contribution in [-0.4, -0.2) is 42.0 Å². The molecule has 1 aromatic heterocycles. The van der Waals surface area contributed by atoms with Crippen molar-refractivity contribution in [2.45, 2.75) is 37.8 Å². The maximum Gasteiger partial charge on any atom is 0.252 e. The molecule has 2 N–H and O–H groups in total. The van der Waals surface area contributed by atoms with Gasteiger partial charge in [0.2, 0.25) is 5.56 Å². The van der Waals surface area contributed by atoms with E-state index in [9.17, 15) is 14.0 Å². The zero-order valence-corrected chi connectivity index (χ0v) is 18.2. The van der Waals surface area contributed by atoms with E-state index < -0.39 is 11.4 Å². The third-order valence-corrected chi connectivity index (χ3v) is 6.76. The number of carbonyl (C=O) groups is 1. The number of aromatic amines is 1. The summed E-state index contributed by atoms with van der Waals surface area (Å²) in [5, 5.41) is 3.89. The van der Waals surface area contributed by atoms with Gasteiger partial charge in [0.25, 0.3) is 5.91 Å². The molecule has 0 unspecified atom stereocenters. The first-order valence-corrected chi connectivity index (χ1v) is 10.9. The largest absolute Gasteiger partial charge is 0.492 e. The van der Waals surface area contributed by atoms with Crippen LogP contribution in [0.5, 0.6) is 5.75 Å². The predicted octanol–water partition coefficient (Wildman–Crippen LogP) is 3.48. The summed E-state index contributed by atoms with van der Waals surface area (Å²) in [7, 11) is 2.08. The van der Waals surface area contributed by atoms with E-state index in [2.05, 4.69) is 22.2 Å². The molecule has 166 valence electrons. The first kappa shape index (κ1) is 20.7. The van der Waals surface area contributed by atoms with Crippen molar-refractivity contribution >= 4 is 16.8 Å². The number of likely N-dealkylation sites (tertiary alicyclic amines) is 1. The Morgan fingerprint density at radius 1 is 1.25 bits per heavy atom. The molecule has 0 bridgehead atoms. The van der Waals surface area contributed by atoms with Gasteiger partial charge in [-0.1, -0.05) is 6.07 Å². The van der Waals surface area contributed by atoms with Crippen LogP contribution in [0.15, 0.2) is 47.3 Å². The molecule has 5 rings (SSSR count). The molecule has 7 heteroatoms. The first-order chi connectivity index (χ1) is 15.3. The van der Waals surface area contributed by atoms with E-state index in [1.54, 1.807) is 12.1 Å². The van der Waals surface area contributed by atoms with E-state index >= 15 is 0 Å². The van der Waals surface area contributed by atoms with Crippen LogP contribution in [0.1, 0.15) is 40.7 Å². The maximum absolute atomic E-state index is 13.7. The minimum absolute atomic E-state index is 0.207. The Hall–Kier alpha value is -3.19. The number of likely N-dealkylation sites (N-methyl/N-ethyl adjacent to an activating group) is 1. The van der Waals surface area contributed by atoms with Crippen molar-refractivity contribution < 1.29 is 13.9 Å². The Morgan fingerprint density at radius 2 is 2.06 bits per heavy atom. The topological polar surface area (TPSA) is 74.4 Å². The van der Waals surface area contributed by atoms with E-state index in [4.69, 9.17) is 4.74 Å². The van der Waals surface area contributed by atoms with Crippen LogP contribution in [0, 0.1) is 12.7 Å². The van der Waals surface area contributed by atoms with Crippen LogP contribution in [0.4, 0.5) is 4.39 Å². The second-order valence-corrected chi connectivity index (χ2v) is 8.98. The number of ether oxygens (including phenoxy) is 1. The summed E-state index contributed by atoms with van der Waals surface area (Å²) < 4.78 is 19.6. The number of nitrogens with zero attached hydrogens (tertiary/aromatic N) is 1. The van der Waals surface area contributed by atoms with E-state index in [1.165, 1.54) is 18.2 Å². The molecule has 0 spiro atoms. The van der Waals surface area contributed by atoms with Gasteiger partial charge in [-0.05, 0) is 81.2 Å². The number of rotatable bonds is 6. The maximum atomic E-state index is 13.7. The average Bonchev–Trinajstić information content (AvgIpc) is 3.53. The number of amides is 1. The van der Waals surface area contributed by atoms with Gasteiger partial charge in [-0.2, -0.15) is 0 Å². The van der Waals surface area contributed by atoms with Crippen molar-refractivity contribution in [2.75, 3.05) is 20.2 Å². The van der Waals surface area contributed by atoms with Gasteiger partial charge in [-0.25, -0.2) is 4.39 Å². The summed E-state index contributed by atoms with van der Waals surface area (Å²) in [6.07, 6.45) is 2.56. The molecule has 1 atom stereocenters. The number of aromatic nitrogens is 1. The monoisotopic (exact) mass is 435 g/mol. The Bertz CT molecular complexity index is 1270. The molecular weight excluding hydrogens is 409 g/mol. The summed E-state index contributed by atoms with van der Waals surface area (Å²) in [5.41, 5.74) is 1.62. The van der Waals surface area contributed by atoms with Gasteiger partial charge in [-0.15, -0.1) is 0 Å². The highest BCUT2D eigenvalue weighted by atomic mass is 19.1. The summed E-state index contributed by atoms with van der Waals surface area (Å²) in [5.74, 6) is 0.0458. The minimum atomic E-state index is -0.626. The Labute approximate surface area is 185 Å². The fourth-order valence-electron chi connectivity index (χ4n) is 4.41. The summed E-state index contributed by atoms with van der Waals surface area (Å²) in [4.78, 5) is 30.4. The average molecular weight is 435 g/mol. The second-order valence-electron chi connectivity index (χ2n) is 8.98. The number of nitrogens with one attached hydrogen (secondary N) is 2. The van der Waals surface area contributed by atoms with E-state index in [1.807, 2.05) is 19.1 Å². The third kappa shape index (κ3) is 3.77. The standard InChI is InChI=1S/C25H26FN3O3/c1-15-3-5-18(32-14-17-7-10-29(17)2)12-20(15)24(31)28-25(8-9-25)21-13-23(30)27-22-11-16(26)4-6-19(21)22/h3-6,11-13,17H,7-10,14H2,1-2H3,(H,27,30)(H,28,31)/t17-/m0/s1. The van der Waals surface area contributed by atoms with Crippen LogP contribution in [-0.2, 0) is 5.54 Å². The molecule has 0 radical (unpaired) electrons. The number of aryl methyl sites for hydroxylation is 1. The minimum Gasteiger partial charge on any atom is -0.492 e. The van der Waals surface area contributed by atoms with Gasteiger partial charge < -0.3 is 15.0 Å². The molecule has 1 aliphatic heterocycles. The number of fused-ring (bicyclic) bond motifs is 1. The fourth-order valence-corrected chi connectivity index (χ4v) is 4.41. The van der Waals surface area contributed by atoms with Crippen molar-refractivity contribution in [2.24, 2.45) is 0 Å². The molecule has 1 amide bonds. The van der Waals surface area contributed by atoms with E-state index in [0.29, 0.717) is 29.5 Å². The number of carbonyl (C=O) groups excluding carboxylic acids is 1. The molecule has 32 heavy (non-hydrogen) atoms. The third-order valence-electron chi connectivity index (χ3n) is 6.76. The molecule has 2 aliphatic rings. The SMILES string of the molecule is Cc1ccc(OC[C@@H]2CCN2C)cc1C(=O)NC1(c2cc(=O)[nH]c3cc(F)ccc23)CC1. The number of H-pyrrole nitrogens is 1. The zero-order chi connectivity index (χ0) is 22.5. The van der Waals surface area contributed by atoms with Crippen molar-refractivity contribution in [3.8, 4) is 5.75 Å². The van der Waals surface area contributed by atoms with Crippen LogP contribution in [0.2, 0.25) is 0 Å². The first-order valence-electron chi connectivity index (χ1n) is 10.9. The summed E-state index contributed by atoms with van der Waals surface area (Å²) in [6, 6.07) is 11.8. The van der Waals surface area contributed by atoms with Crippen molar-refractivity contribution in [3.63, 3.8) is 0 Å². The van der Waals surface area contributed by atoms with Crippen molar-refractivity contribution in [1.29, 1.82) is 0 Å². The van der Waals surface area contributed by atoms with Gasteiger partial charge in [0.05, 0.1) is 11.1 Å². The lowest BCUT2D eigenvalue weighted by molar-refractivity contribution is 0.0767. The molecule has 2 aromatic carbocycles. The lowest BCUT2D eigenvalue weighted by atomic mass is 9.98. The molecule has 1 saturated carbocycles. The normalized spacial score (nSPS) is 19.4. The van der Waals surface area contributed by atoms with Gasteiger partial charge in [0, 0.05) is 23.1 Å². The number of pyridine rings is 1. The Morgan fingerprint density at radius 3 is 2.75 bits per heavy atom. The highest BCUT2D eigenvalue weighted by Crippen LogP contribution is 2.47. The number of benzene rings is 2. The summed E-state index contributed by atoms with van der Waals surface area (Å²) >= 11 is 0. The molecule has 1 aliphatic carbocycles. The molecular formula is C25H26FN3O3. The van der Waals surface area contributed by atoms with Crippen LogP contribution < -0.4 is 15.6 Å². The summed E-state index contributed by atoms with van der Waals surface area (Å²) in [6.45, 7) is 3.57. The zero-order valence-electron chi connectivity index (χ0n) is 18.2. The number of hydrogen-bond acceptors (Lipinski definition) is 4. The van der Waals surface area contributed by atoms with Gasteiger partial charge >= 0.3 is 0 Å². The second kappa shape index (κ2) is 7.74. The Kier molecular flexibility index (Phi) is 5.01. The van der Waals surface area contributed by atoms with Gasteiger partial charge in [0.15, 0.2) is 0 Å². The molecule has 2 fully saturated rings. The number of halogens is 1. The quantitative estimate of drug-likeness (QED) is 0.622. The lowest BCUT2D eigenvalue weighted by Gasteiger charge is -2.37. The Balaban J connectivity index is 1.40.